The van der Waals surface area contributed by atoms with Crippen molar-refractivity contribution in [3.8, 4) is 0 Å². The van der Waals surface area contributed by atoms with Crippen LogP contribution in [0.25, 0.3) is 0 Å². The molecule has 0 spiro atoms. The summed E-state index contributed by atoms with van der Waals surface area (Å²) in [7, 11) is -3.35. The summed E-state index contributed by atoms with van der Waals surface area (Å²) >= 11 is 5.69. The summed E-state index contributed by atoms with van der Waals surface area (Å²) in [5, 5.41) is 0. The minimum atomic E-state index is -3.35. The van der Waals surface area contributed by atoms with Crippen molar-refractivity contribution < 1.29 is 8.42 Å². The number of nitrogens with zero attached hydrogens (tertiary/aromatic N) is 1. The zero-order valence-electron chi connectivity index (χ0n) is 11.9. The number of rotatable bonds is 7. The Morgan fingerprint density at radius 2 is 1.90 bits per heavy atom. The minimum absolute atomic E-state index is 0.386. The molecule has 1 aliphatic rings. The molecule has 3 nitrogen and oxygen atoms in total. The molecule has 0 amide bonds. The monoisotopic (exact) mass is 315 g/mol. The number of halogens is 1. The van der Waals surface area contributed by atoms with E-state index in [1.54, 1.807) is 16.4 Å². The quantitative estimate of drug-likeness (QED) is 0.724. The van der Waals surface area contributed by atoms with Crippen molar-refractivity contribution in [1.82, 2.24) is 4.31 Å². The van der Waals surface area contributed by atoms with Crippen LogP contribution in [0.2, 0.25) is 0 Å². The largest absolute Gasteiger partial charge is 0.243 e. The Balaban J connectivity index is 2.14. The summed E-state index contributed by atoms with van der Waals surface area (Å²) in [6.45, 7) is 3.09. The first kappa shape index (κ1) is 15.8. The number of benzene rings is 1. The minimum Gasteiger partial charge on any atom is -0.207 e. The van der Waals surface area contributed by atoms with Crippen LogP contribution in [0.5, 0.6) is 0 Å². The second-order valence-electron chi connectivity index (χ2n) is 5.34. The number of alkyl halides is 1. The molecule has 1 aliphatic carbocycles. The average molecular weight is 316 g/mol. The van der Waals surface area contributed by atoms with Crippen LogP contribution in [-0.2, 0) is 16.4 Å². The second-order valence-corrected chi connectivity index (χ2v) is 7.65. The summed E-state index contributed by atoms with van der Waals surface area (Å²) in [5.74, 6) is 1.09. The molecule has 0 N–H and O–H groups in total. The van der Waals surface area contributed by atoms with Gasteiger partial charge in [0.05, 0.1) is 4.90 Å². The van der Waals surface area contributed by atoms with E-state index < -0.39 is 10.0 Å². The van der Waals surface area contributed by atoms with Crippen LogP contribution in [0, 0.1) is 5.92 Å². The first-order chi connectivity index (χ1) is 9.57. The molecule has 20 heavy (non-hydrogen) atoms. The topological polar surface area (TPSA) is 37.4 Å². The lowest BCUT2D eigenvalue weighted by atomic mass is 9.85. The third-order valence-electron chi connectivity index (χ3n) is 3.98. The van der Waals surface area contributed by atoms with Gasteiger partial charge >= 0.3 is 0 Å². The van der Waals surface area contributed by atoms with E-state index in [2.05, 4.69) is 0 Å². The lowest BCUT2D eigenvalue weighted by molar-refractivity contribution is 0.250. The van der Waals surface area contributed by atoms with Crippen LogP contribution in [-0.4, -0.2) is 31.7 Å². The highest BCUT2D eigenvalue weighted by molar-refractivity contribution is 7.89. The maximum atomic E-state index is 12.6. The van der Waals surface area contributed by atoms with E-state index in [9.17, 15) is 8.42 Å². The fourth-order valence-electron chi connectivity index (χ4n) is 2.45. The summed E-state index contributed by atoms with van der Waals surface area (Å²) in [6.07, 6.45) is 4.30. The van der Waals surface area contributed by atoms with Crippen LogP contribution in [0.4, 0.5) is 0 Å². The van der Waals surface area contributed by atoms with Gasteiger partial charge in [-0.25, -0.2) is 8.42 Å². The van der Waals surface area contributed by atoms with Gasteiger partial charge in [-0.1, -0.05) is 25.5 Å². The van der Waals surface area contributed by atoms with E-state index in [4.69, 9.17) is 11.6 Å². The molecular weight excluding hydrogens is 294 g/mol. The van der Waals surface area contributed by atoms with Gasteiger partial charge in [-0.2, -0.15) is 4.31 Å². The van der Waals surface area contributed by atoms with Gasteiger partial charge < -0.3 is 0 Å². The molecule has 0 bridgehead atoms. The molecule has 0 aromatic heterocycles. The first-order valence-corrected chi connectivity index (χ1v) is 9.20. The summed E-state index contributed by atoms with van der Waals surface area (Å²) in [6, 6.07) is 7.10. The highest BCUT2D eigenvalue weighted by Gasteiger charge is 2.28. The molecule has 0 radical (unpaired) electrons. The van der Waals surface area contributed by atoms with Crippen LogP contribution in [0.1, 0.15) is 31.7 Å². The highest BCUT2D eigenvalue weighted by atomic mass is 35.5. The van der Waals surface area contributed by atoms with Crippen molar-refractivity contribution >= 4 is 21.6 Å². The maximum Gasteiger partial charge on any atom is 0.243 e. The van der Waals surface area contributed by atoms with Crippen LogP contribution < -0.4 is 0 Å². The molecule has 0 saturated heterocycles. The molecule has 1 aromatic carbocycles. The Kier molecular flexibility index (Phi) is 5.47. The third kappa shape index (κ3) is 3.54. The van der Waals surface area contributed by atoms with E-state index in [0.717, 1.165) is 24.8 Å². The number of sulfonamides is 1. The molecule has 1 saturated carbocycles. The molecule has 0 aliphatic heterocycles. The number of hydrogen-bond donors (Lipinski definition) is 0. The molecule has 112 valence electrons. The molecule has 1 fully saturated rings. The average Bonchev–Trinajstić information content (AvgIpc) is 2.38. The lowest BCUT2D eigenvalue weighted by Gasteiger charge is -2.31. The molecule has 0 atom stereocenters. The van der Waals surface area contributed by atoms with Crippen LogP contribution in [0.3, 0.4) is 0 Å². The predicted octanol–water partition coefficient (Wildman–Crippen LogP) is 3.28. The Bertz CT molecular complexity index is 523. The summed E-state index contributed by atoms with van der Waals surface area (Å²) in [5.41, 5.74) is 1.07. The third-order valence-corrected chi connectivity index (χ3v) is 6.13. The Labute approximate surface area is 127 Å². The summed E-state index contributed by atoms with van der Waals surface area (Å²) < 4.78 is 26.8. The van der Waals surface area contributed by atoms with Gasteiger partial charge in [0.1, 0.15) is 0 Å². The smallest absolute Gasteiger partial charge is 0.207 e. The van der Waals surface area contributed by atoms with Gasteiger partial charge in [0.15, 0.2) is 0 Å². The van der Waals surface area contributed by atoms with Gasteiger partial charge in [-0.3, -0.25) is 0 Å². The molecule has 0 unspecified atom stereocenters. The van der Waals surface area contributed by atoms with Crippen molar-refractivity contribution in [3.05, 3.63) is 29.8 Å². The number of hydrogen-bond acceptors (Lipinski definition) is 2. The second kappa shape index (κ2) is 6.92. The zero-order chi connectivity index (χ0) is 14.6. The van der Waals surface area contributed by atoms with E-state index in [1.807, 2.05) is 19.1 Å². The van der Waals surface area contributed by atoms with Gasteiger partial charge in [-0.05, 0) is 42.9 Å². The van der Waals surface area contributed by atoms with Crippen molar-refractivity contribution in [2.75, 3.05) is 19.0 Å². The zero-order valence-corrected chi connectivity index (χ0v) is 13.5. The Morgan fingerprint density at radius 1 is 1.25 bits per heavy atom. The van der Waals surface area contributed by atoms with Crippen LogP contribution >= 0.6 is 11.6 Å². The van der Waals surface area contributed by atoms with Crippen molar-refractivity contribution in [2.45, 2.75) is 37.5 Å². The lowest BCUT2D eigenvalue weighted by Crippen LogP contribution is -2.37. The van der Waals surface area contributed by atoms with Crippen LogP contribution in [0.15, 0.2) is 29.2 Å². The fraction of sp³-hybridized carbons (Fsp3) is 0.600. The van der Waals surface area contributed by atoms with Gasteiger partial charge in [-0.15, -0.1) is 11.6 Å². The summed E-state index contributed by atoms with van der Waals surface area (Å²) in [4.78, 5) is 0.386. The van der Waals surface area contributed by atoms with E-state index in [1.165, 1.54) is 6.42 Å². The normalized spacial score (nSPS) is 16.4. The molecular formula is C15H22ClNO2S. The van der Waals surface area contributed by atoms with Crippen molar-refractivity contribution in [2.24, 2.45) is 5.92 Å². The van der Waals surface area contributed by atoms with Gasteiger partial charge in [0, 0.05) is 19.0 Å². The maximum absolute atomic E-state index is 12.6. The Morgan fingerprint density at radius 3 is 2.35 bits per heavy atom. The highest BCUT2D eigenvalue weighted by Crippen LogP contribution is 2.29. The fourth-order valence-corrected chi connectivity index (χ4v) is 4.19. The predicted molar refractivity (Wildman–Crippen MR) is 82.6 cm³/mol. The molecule has 1 aromatic rings. The molecule has 2 rings (SSSR count). The van der Waals surface area contributed by atoms with E-state index in [-0.39, 0.29) is 0 Å². The molecule has 0 heterocycles. The Hall–Kier alpha value is -0.580. The molecule has 5 heteroatoms. The first-order valence-electron chi connectivity index (χ1n) is 7.23. The van der Waals surface area contributed by atoms with Gasteiger partial charge in [0.2, 0.25) is 10.0 Å². The van der Waals surface area contributed by atoms with E-state index in [0.29, 0.717) is 29.8 Å². The van der Waals surface area contributed by atoms with Crippen molar-refractivity contribution in [1.29, 1.82) is 0 Å². The standard InChI is InChI=1S/C15H22ClNO2S/c1-2-17(12-14-4-3-5-14)20(18,19)15-8-6-13(7-9-15)10-11-16/h6-9,14H,2-5,10-12H2,1H3. The SMILES string of the molecule is CCN(CC1CCC1)S(=O)(=O)c1ccc(CCCl)cc1. The van der Waals surface area contributed by atoms with Crippen molar-refractivity contribution in [3.63, 3.8) is 0 Å². The number of aryl methyl sites for hydroxylation is 1. The van der Waals surface area contributed by atoms with E-state index >= 15 is 0 Å². The van der Waals surface area contributed by atoms with Gasteiger partial charge in [0.25, 0.3) is 0 Å².